The fraction of sp³-hybridized carbons (Fsp3) is 0.154. The number of carboxylic acids is 1. The average molecular weight is 507 g/mol. The van der Waals surface area contributed by atoms with Crippen LogP contribution in [0.5, 0.6) is 0 Å². The fourth-order valence-corrected chi connectivity index (χ4v) is 4.69. The lowest BCUT2D eigenvalue weighted by atomic mass is 10.1. The van der Waals surface area contributed by atoms with Crippen molar-refractivity contribution in [3.63, 3.8) is 0 Å². The van der Waals surface area contributed by atoms with Crippen molar-refractivity contribution in [2.45, 2.75) is 26.3 Å². The number of nitrogens with zero attached hydrogens (tertiary/aromatic N) is 2. The van der Waals surface area contributed by atoms with Crippen LogP contribution in [0.25, 0.3) is 10.2 Å². The predicted molar refractivity (Wildman–Crippen MR) is 137 cm³/mol. The van der Waals surface area contributed by atoms with Gasteiger partial charge in [-0.25, -0.2) is 14.0 Å². The van der Waals surface area contributed by atoms with Crippen LogP contribution in [0.2, 0.25) is 0 Å². The molecule has 0 saturated heterocycles. The molecule has 1 unspecified atom stereocenters. The van der Waals surface area contributed by atoms with E-state index in [-0.39, 0.29) is 11.2 Å². The number of thiazole rings is 1. The molecule has 1 aromatic heterocycles. The monoisotopic (exact) mass is 506 g/mol. The SMILES string of the molecule is CCC(C(=O)O)n1c(=NC(=O)c2ccc(C)cc2)sc2ccc(NC(=O)Nc3ccc(F)cc3)cc21. The number of anilines is 2. The molecule has 3 N–H and O–H groups in total. The number of carboxylic acid groups (broad SMARTS) is 1. The molecule has 0 saturated carbocycles. The molecule has 0 bridgehead atoms. The Bertz CT molecular complexity index is 1510. The Morgan fingerprint density at radius 2 is 1.64 bits per heavy atom. The third-order valence-corrected chi connectivity index (χ3v) is 6.50. The van der Waals surface area contributed by atoms with Crippen LogP contribution in [-0.2, 0) is 4.79 Å². The molecule has 1 atom stereocenters. The lowest BCUT2D eigenvalue weighted by Gasteiger charge is -2.14. The summed E-state index contributed by atoms with van der Waals surface area (Å²) in [7, 11) is 0. The van der Waals surface area contributed by atoms with E-state index in [1.165, 1.54) is 40.2 Å². The van der Waals surface area contributed by atoms with Gasteiger partial charge < -0.3 is 20.3 Å². The summed E-state index contributed by atoms with van der Waals surface area (Å²) in [5.41, 5.74) is 2.74. The Hall–Kier alpha value is -4.31. The summed E-state index contributed by atoms with van der Waals surface area (Å²) in [5.74, 6) is -1.96. The molecule has 3 aromatic carbocycles. The molecule has 0 aliphatic rings. The highest BCUT2D eigenvalue weighted by molar-refractivity contribution is 7.16. The number of hydrogen-bond acceptors (Lipinski definition) is 4. The molecular formula is C26H23FN4O4S. The lowest BCUT2D eigenvalue weighted by Crippen LogP contribution is -2.27. The molecule has 8 nitrogen and oxygen atoms in total. The van der Waals surface area contributed by atoms with Gasteiger partial charge >= 0.3 is 12.0 Å². The fourth-order valence-electron chi connectivity index (χ4n) is 3.64. The minimum Gasteiger partial charge on any atom is -0.480 e. The number of carbonyl (C=O) groups excluding carboxylic acids is 2. The number of aromatic nitrogens is 1. The highest BCUT2D eigenvalue weighted by Gasteiger charge is 2.22. The van der Waals surface area contributed by atoms with Crippen molar-refractivity contribution in [3.8, 4) is 0 Å². The molecule has 0 aliphatic carbocycles. The first-order chi connectivity index (χ1) is 17.2. The van der Waals surface area contributed by atoms with Crippen molar-refractivity contribution in [2.24, 2.45) is 4.99 Å². The van der Waals surface area contributed by atoms with Crippen LogP contribution in [0.3, 0.4) is 0 Å². The van der Waals surface area contributed by atoms with Crippen molar-refractivity contribution in [2.75, 3.05) is 10.6 Å². The lowest BCUT2D eigenvalue weighted by molar-refractivity contribution is -0.140. The molecule has 4 rings (SSSR count). The highest BCUT2D eigenvalue weighted by atomic mass is 32.1. The topological polar surface area (TPSA) is 113 Å². The van der Waals surface area contributed by atoms with E-state index in [0.717, 1.165) is 5.56 Å². The smallest absolute Gasteiger partial charge is 0.326 e. The second-order valence-electron chi connectivity index (χ2n) is 8.07. The summed E-state index contributed by atoms with van der Waals surface area (Å²) in [6.07, 6.45) is 0.260. The zero-order valence-corrected chi connectivity index (χ0v) is 20.3. The van der Waals surface area contributed by atoms with Gasteiger partial charge in [-0.15, -0.1) is 0 Å². The van der Waals surface area contributed by atoms with E-state index in [1.807, 2.05) is 19.1 Å². The number of amides is 3. The van der Waals surface area contributed by atoms with E-state index in [9.17, 15) is 23.9 Å². The Kier molecular flexibility index (Phi) is 7.25. The number of nitrogens with one attached hydrogen (secondary N) is 2. The van der Waals surface area contributed by atoms with Crippen LogP contribution in [0.1, 0.15) is 35.3 Å². The van der Waals surface area contributed by atoms with Crippen LogP contribution in [0.4, 0.5) is 20.6 Å². The summed E-state index contributed by atoms with van der Waals surface area (Å²) < 4.78 is 15.3. The quantitative estimate of drug-likeness (QED) is 0.317. The number of carbonyl (C=O) groups is 3. The minimum atomic E-state index is -1.06. The number of rotatable bonds is 6. The number of aliphatic carboxylic acids is 1. The zero-order chi connectivity index (χ0) is 25.8. The van der Waals surface area contributed by atoms with Gasteiger partial charge in [0.15, 0.2) is 4.80 Å². The van der Waals surface area contributed by atoms with Gasteiger partial charge in [0.05, 0.1) is 10.2 Å². The number of urea groups is 1. The average Bonchev–Trinajstić information content (AvgIpc) is 3.18. The first-order valence-corrected chi connectivity index (χ1v) is 11.9. The molecule has 10 heteroatoms. The predicted octanol–water partition coefficient (Wildman–Crippen LogP) is 5.57. The Morgan fingerprint density at radius 1 is 1.00 bits per heavy atom. The number of fused-ring (bicyclic) bond motifs is 1. The van der Waals surface area contributed by atoms with Gasteiger partial charge in [-0.3, -0.25) is 4.79 Å². The molecule has 36 heavy (non-hydrogen) atoms. The second-order valence-corrected chi connectivity index (χ2v) is 9.08. The first kappa shape index (κ1) is 24.8. The molecular weight excluding hydrogens is 483 g/mol. The summed E-state index contributed by atoms with van der Waals surface area (Å²) in [6.45, 7) is 3.65. The van der Waals surface area contributed by atoms with Crippen LogP contribution >= 0.6 is 11.3 Å². The Balaban J connectivity index is 1.72. The van der Waals surface area contributed by atoms with Gasteiger partial charge in [0.2, 0.25) is 0 Å². The van der Waals surface area contributed by atoms with Crippen molar-refractivity contribution >= 4 is 50.8 Å². The van der Waals surface area contributed by atoms with E-state index in [1.54, 1.807) is 37.3 Å². The normalized spacial score (nSPS) is 12.4. The van der Waals surface area contributed by atoms with Crippen molar-refractivity contribution < 1.29 is 23.9 Å². The summed E-state index contributed by atoms with van der Waals surface area (Å²) in [4.78, 5) is 41.8. The van der Waals surface area contributed by atoms with Crippen LogP contribution in [-0.4, -0.2) is 27.6 Å². The molecule has 0 spiro atoms. The minimum absolute atomic E-state index is 0.248. The van der Waals surface area contributed by atoms with E-state index in [0.29, 0.717) is 27.2 Å². The highest BCUT2D eigenvalue weighted by Crippen LogP contribution is 2.26. The van der Waals surface area contributed by atoms with Gasteiger partial charge in [-0.2, -0.15) is 4.99 Å². The third kappa shape index (κ3) is 5.49. The molecule has 1 heterocycles. The number of benzene rings is 3. The second kappa shape index (κ2) is 10.5. The maximum absolute atomic E-state index is 13.1. The van der Waals surface area contributed by atoms with Crippen molar-refractivity contribution in [3.05, 3.63) is 88.5 Å². The number of halogens is 1. The number of aryl methyl sites for hydroxylation is 1. The molecule has 4 aromatic rings. The third-order valence-electron chi connectivity index (χ3n) is 5.46. The van der Waals surface area contributed by atoms with Gasteiger partial charge in [0.25, 0.3) is 5.91 Å². The van der Waals surface area contributed by atoms with Gasteiger partial charge in [0.1, 0.15) is 11.9 Å². The van der Waals surface area contributed by atoms with Crippen molar-refractivity contribution in [1.29, 1.82) is 0 Å². The maximum atomic E-state index is 13.1. The summed E-state index contributed by atoms with van der Waals surface area (Å²) >= 11 is 1.19. The maximum Gasteiger partial charge on any atom is 0.326 e. The van der Waals surface area contributed by atoms with Crippen LogP contribution in [0, 0.1) is 12.7 Å². The molecule has 3 amide bonds. The zero-order valence-electron chi connectivity index (χ0n) is 19.5. The van der Waals surface area contributed by atoms with Gasteiger partial charge in [-0.1, -0.05) is 36.0 Å². The van der Waals surface area contributed by atoms with E-state index in [4.69, 9.17) is 0 Å². The Morgan fingerprint density at radius 3 is 2.28 bits per heavy atom. The molecule has 0 fully saturated rings. The number of hydrogen-bond donors (Lipinski definition) is 3. The van der Waals surface area contributed by atoms with Crippen LogP contribution < -0.4 is 15.4 Å². The van der Waals surface area contributed by atoms with Crippen molar-refractivity contribution in [1.82, 2.24) is 4.57 Å². The Labute approximate surface area is 209 Å². The van der Waals surface area contributed by atoms with E-state index < -0.39 is 29.8 Å². The van der Waals surface area contributed by atoms with Crippen LogP contribution in [0.15, 0.2) is 71.7 Å². The summed E-state index contributed by atoms with van der Waals surface area (Å²) in [6, 6.07) is 15.8. The van der Waals surface area contributed by atoms with Gasteiger partial charge in [-0.05, 0) is 67.9 Å². The summed E-state index contributed by atoms with van der Waals surface area (Å²) in [5, 5.41) is 15.2. The molecule has 0 aliphatic heterocycles. The van der Waals surface area contributed by atoms with Gasteiger partial charge in [0, 0.05) is 16.9 Å². The first-order valence-electron chi connectivity index (χ1n) is 11.1. The molecule has 184 valence electrons. The molecule has 0 radical (unpaired) electrons. The van der Waals surface area contributed by atoms with E-state index >= 15 is 0 Å². The van der Waals surface area contributed by atoms with E-state index in [2.05, 4.69) is 15.6 Å². The standard InChI is InChI=1S/C26H23FN4O4S/c1-3-20(24(33)34)31-21-14-19(29-25(35)28-18-10-8-17(27)9-11-18)12-13-22(21)36-26(31)30-23(32)16-6-4-15(2)5-7-16/h4-14,20H,3H2,1-2H3,(H,33,34)(H2,28,29,35). The largest absolute Gasteiger partial charge is 0.480 e.